The van der Waals surface area contributed by atoms with Gasteiger partial charge < -0.3 is 25.1 Å². The summed E-state index contributed by atoms with van der Waals surface area (Å²) in [5.74, 6) is 0.526. The molecule has 0 aliphatic carbocycles. The van der Waals surface area contributed by atoms with Crippen LogP contribution in [-0.2, 0) is 16.0 Å². The molecule has 3 N–H and O–H groups in total. The van der Waals surface area contributed by atoms with E-state index < -0.39 is 18.1 Å². The summed E-state index contributed by atoms with van der Waals surface area (Å²) in [6.45, 7) is 4.31. The Balaban J connectivity index is 2.76. The Morgan fingerprint density at radius 3 is 2.57 bits per heavy atom. The van der Waals surface area contributed by atoms with Crippen LogP contribution in [0.4, 0.5) is 0 Å². The molecular formula is C15H23NO5. The van der Waals surface area contributed by atoms with E-state index in [1.54, 1.807) is 26.2 Å². The smallest absolute Gasteiger partial charge is 0.336 e. The first-order chi connectivity index (χ1) is 10.0. The lowest BCUT2D eigenvalue weighted by molar-refractivity contribution is -0.154. The maximum atomic E-state index is 11.4. The Morgan fingerprint density at radius 2 is 2.00 bits per heavy atom. The van der Waals surface area contributed by atoms with Crippen LogP contribution in [-0.4, -0.2) is 43.5 Å². The summed E-state index contributed by atoms with van der Waals surface area (Å²) >= 11 is 0. The standard InChI is InChI=1S/C15H23NO5/c1-4-20-12-7-6-10(9-13(12)19-3)8-11(16)14(17)15(18)21-5-2/h6-7,9,11,14,17H,4-5,8,16H2,1-3H3. The molecule has 0 bridgehead atoms. The predicted octanol–water partition coefficient (Wildman–Crippen LogP) is 0.888. The van der Waals surface area contributed by atoms with E-state index in [1.165, 1.54) is 0 Å². The number of hydrogen-bond acceptors (Lipinski definition) is 6. The minimum atomic E-state index is -1.34. The molecule has 0 spiro atoms. The first-order valence-corrected chi connectivity index (χ1v) is 6.93. The summed E-state index contributed by atoms with van der Waals surface area (Å²) in [6, 6.07) is 4.64. The highest BCUT2D eigenvalue weighted by atomic mass is 16.5. The molecule has 0 radical (unpaired) electrons. The summed E-state index contributed by atoms with van der Waals surface area (Å²) in [5, 5.41) is 9.79. The molecule has 0 amide bonds. The largest absolute Gasteiger partial charge is 0.493 e. The molecule has 0 fully saturated rings. The van der Waals surface area contributed by atoms with Crippen LogP contribution in [0.2, 0.25) is 0 Å². The summed E-state index contributed by atoms with van der Waals surface area (Å²) in [7, 11) is 1.55. The Morgan fingerprint density at radius 1 is 1.29 bits per heavy atom. The van der Waals surface area contributed by atoms with Gasteiger partial charge in [0.2, 0.25) is 0 Å². The molecule has 6 nitrogen and oxygen atoms in total. The molecule has 1 aromatic carbocycles. The SMILES string of the molecule is CCOC(=O)C(O)C(N)Cc1ccc(OCC)c(OC)c1. The summed E-state index contributed by atoms with van der Waals surface area (Å²) in [5.41, 5.74) is 6.68. The van der Waals surface area contributed by atoms with E-state index in [0.29, 0.717) is 24.5 Å². The van der Waals surface area contributed by atoms with Crippen molar-refractivity contribution >= 4 is 5.97 Å². The second-order valence-corrected chi connectivity index (χ2v) is 4.48. The lowest BCUT2D eigenvalue weighted by Gasteiger charge is -2.18. The van der Waals surface area contributed by atoms with Gasteiger partial charge in [-0.05, 0) is 38.0 Å². The number of rotatable bonds is 8. The lowest BCUT2D eigenvalue weighted by atomic mass is 10.0. The third kappa shape index (κ3) is 4.91. The average molecular weight is 297 g/mol. The highest BCUT2D eigenvalue weighted by molar-refractivity contribution is 5.75. The Hall–Kier alpha value is -1.79. The fourth-order valence-corrected chi connectivity index (χ4v) is 1.90. The van der Waals surface area contributed by atoms with Crippen molar-refractivity contribution in [1.29, 1.82) is 0 Å². The van der Waals surface area contributed by atoms with Gasteiger partial charge in [0.25, 0.3) is 0 Å². The normalized spacial score (nSPS) is 13.4. The highest BCUT2D eigenvalue weighted by Crippen LogP contribution is 2.28. The topological polar surface area (TPSA) is 91.0 Å². The lowest BCUT2D eigenvalue weighted by Crippen LogP contribution is -2.42. The maximum Gasteiger partial charge on any atom is 0.336 e. The first kappa shape index (κ1) is 17.3. The molecule has 0 saturated carbocycles. The van der Waals surface area contributed by atoms with E-state index in [0.717, 1.165) is 5.56 Å². The number of esters is 1. The van der Waals surface area contributed by atoms with Gasteiger partial charge in [0.15, 0.2) is 17.6 Å². The van der Waals surface area contributed by atoms with Crippen molar-refractivity contribution in [3.63, 3.8) is 0 Å². The van der Waals surface area contributed by atoms with Crippen LogP contribution in [0.15, 0.2) is 18.2 Å². The van der Waals surface area contributed by atoms with E-state index in [1.807, 2.05) is 13.0 Å². The molecule has 2 unspecified atom stereocenters. The van der Waals surface area contributed by atoms with Crippen LogP contribution in [0.5, 0.6) is 11.5 Å². The quantitative estimate of drug-likeness (QED) is 0.692. The Bertz CT molecular complexity index is 463. The third-order valence-electron chi connectivity index (χ3n) is 2.93. The fraction of sp³-hybridized carbons (Fsp3) is 0.533. The molecule has 1 aromatic rings. The Kier molecular flexibility index (Phi) is 6.98. The third-order valence-corrected chi connectivity index (χ3v) is 2.93. The number of aliphatic hydroxyl groups is 1. The van der Waals surface area contributed by atoms with Crippen LogP contribution in [0.3, 0.4) is 0 Å². The maximum absolute atomic E-state index is 11.4. The molecule has 6 heteroatoms. The van der Waals surface area contributed by atoms with Crippen molar-refractivity contribution in [2.45, 2.75) is 32.4 Å². The Labute approximate surface area is 124 Å². The number of hydrogen-bond donors (Lipinski definition) is 2. The number of carbonyl (C=O) groups excluding carboxylic acids is 1. The zero-order valence-electron chi connectivity index (χ0n) is 12.7. The first-order valence-electron chi connectivity index (χ1n) is 6.93. The number of aliphatic hydroxyl groups excluding tert-OH is 1. The van der Waals surface area contributed by atoms with Gasteiger partial charge in [0, 0.05) is 6.04 Å². The second kappa shape index (κ2) is 8.49. The van der Waals surface area contributed by atoms with Crippen molar-refractivity contribution in [2.24, 2.45) is 5.73 Å². The van der Waals surface area contributed by atoms with Gasteiger partial charge in [0.05, 0.1) is 20.3 Å². The van der Waals surface area contributed by atoms with E-state index in [2.05, 4.69) is 0 Å². The van der Waals surface area contributed by atoms with Crippen LogP contribution >= 0.6 is 0 Å². The molecule has 0 aromatic heterocycles. The zero-order valence-corrected chi connectivity index (χ0v) is 12.7. The van der Waals surface area contributed by atoms with Crippen LogP contribution in [0, 0.1) is 0 Å². The molecule has 0 saturated heterocycles. The highest BCUT2D eigenvalue weighted by Gasteiger charge is 2.24. The van der Waals surface area contributed by atoms with Crippen LogP contribution < -0.4 is 15.2 Å². The van der Waals surface area contributed by atoms with Gasteiger partial charge in [-0.2, -0.15) is 0 Å². The monoisotopic (exact) mass is 297 g/mol. The van der Waals surface area contributed by atoms with Crippen LogP contribution in [0.1, 0.15) is 19.4 Å². The molecule has 0 aliphatic rings. The van der Waals surface area contributed by atoms with E-state index >= 15 is 0 Å². The molecular weight excluding hydrogens is 274 g/mol. The van der Waals surface area contributed by atoms with Gasteiger partial charge in [-0.3, -0.25) is 0 Å². The average Bonchev–Trinajstić information content (AvgIpc) is 2.48. The molecule has 0 aliphatic heterocycles. The van der Waals surface area contributed by atoms with Crippen molar-refractivity contribution in [2.75, 3.05) is 20.3 Å². The van der Waals surface area contributed by atoms with Crippen molar-refractivity contribution in [3.8, 4) is 11.5 Å². The number of nitrogens with two attached hydrogens (primary N) is 1. The van der Waals surface area contributed by atoms with E-state index in [9.17, 15) is 9.90 Å². The molecule has 2 atom stereocenters. The molecule has 21 heavy (non-hydrogen) atoms. The number of carbonyl (C=O) groups is 1. The fourth-order valence-electron chi connectivity index (χ4n) is 1.90. The number of benzene rings is 1. The second-order valence-electron chi connectivity index (χ2n) is 4.48. The molecule has 1 rings (SSSR count). The van der Waals surface area contributed by atoms with E-state index in [4.69, 9.17) is 19.9 Å². The summed E-state index contributed by atoms with van der Waals surface area (Å²) in [6.07, 6.45) is -1.02. The summed E-state index contributed by atoms with van der Waals surface area (Å²) < 4.78 is 15.4. The van der Waals surface area contributed by atoms with Gasteiger partial charge >= 0.3 is 5.97 Å². The van der Waals surface area contributed by atoms with Gasteiger partial charge in [-0.25, -0.2) is 4.79 Å². The summed E-state index contributed by atoms with van der Waals surface area (Å²) in [4.78, 5) is 11.4. The minimum Gasteiger partial charge on any atom is -0.493 e. The molecule has 0 heterocycles. The van der Waals surface area contributed by atoms with Gasteiger partial charge in [-0.15, -0.1) is 0 Å². The van der Waals surface area contributed by atoms with Crippen molar-refractivity contribution < 1.29 is 24.1 Å². The van der Waals surface area contributed by atoms with Crippen LogP contribution in [0.25, 0.3) is 0 Å². The zero-order chi connectivity index (χ0) is 15.8. The van der Waals surface area contributed by atoms with Crippen molar-refractivity contribution in [3.05, 3.63) is 23.8 Å². The number of methoxy groups -OCH3 is 1. The predicted molar refractivity (Wildman–Crippen MR) is 78.5 cm³/mol. The van der Waals surface area contributed by atoms with Gasteiger partial charge in [0.1, 0.15) is 0 Å². The van der Waals surface area contributed by atoms with Crippen molar-refractivity contribution in [1.82, 2.24) is 0 Å². The molecule has 118 valence electrons. The van der Waals surface area contributed by atoms with E-state index in [-0.39, 0.29) is 6.61 Å². The van der Waals surface area contributed by atoms with Gasteiger partial charge in [-0.1, -0.05) is 6.07 Å². The minimum absolute atomic E-state index is 0.208. The number of ether oxygens (including phenoxy) is 3.